The smallest absolute Gasteiger partial charge is 0.261 e. The lowest BCUT2D eigenvalue weighted by Gasteiger charge is -2.19. The Morgan fingerprint density at radius 1 is 1.08 bits per heavy atom. The molecule has 134 valence electrons. The van der Waals surface area contributed by atoms with Crippen LogP contribution in [0.25, 0.3) is 0 Å². The lowest BCUT2D eigenvalue weighted by Crippen LogP contribution is -2.37. The van der Waals surface area contributed by atoms with Crippen LogP contribution in [0, 0.1) is 13.8 Å². The van der Waals surface area contributed by atoms with E-state index in [1.54, 1.807) is 0 Å². The molecule has 0 aliphatic rings. The molecule has 0 aromatic heterocycles. The summed E-state index contributed by atoms with van der Waals surface area (Å²) in [5.74, 6) is 1.49. The molecule has 1 amide bonds. The van der Waals surface area contributed by atoms with E-state index in [0.29, 0.717) is 19.6 Å². The van der Waals surface area contributed by atoms with Crippen LogP contribution in [-0.4, -0.2) is 18.6 Å². The summed E-state index contributed by atoms with van der Waals surface area (Å²) in [6.07, 6.45) is 0.117. The van der Waals surface area contributed by atoms with E-state index < -0.39 is 6.10 Å². The highest BCUT2D eigenvalue weighted by Crippen LogP contribution is 2.21. The minimum absolute atomic E-state index is 0.101. The molecular weight excluding hydrogens is 314 g/mol. The number of nitrogens with one attached hydrogen (secondary N) is 1. The van der Waals surface area contributed by atoms with Gasteiger partial charge in [-0.2, -0.15) is 0 Å². The molecule has 0 saturated carbocycles. The van der Waals surface area contributed by atoms with Gasteiger partial charge in [0.25, 0.3) is 5.91 Å². The van der Waals surface area contributed by atoms with Crippen LogP contribution in [0.15, 0.2) is 42.5 Å². The summed E-state index contributed by atoms with van der Waals surface area (Å²) in [4.78, 5) is 12.4. The Bertz CT molecular complexity index is 695. The minimum atomic E-state index is -0.496. The van der Waals surface area contributed by atoms with Gasteiger partial charge in [0, 0.05) is 6.54 Å². The Morgan fingerprint density at radius 3 is 2.40 bits per heavy atom. The zero-order valence-corrected chi connectivity index (χ0v) is 15.5. The van der Waals surface area contributed by atoms with Crippen molar-refractivity contribution in [2.24, 2.45) is 0 Å². The molecule has 4 heteroatoms. The van der Waals surface area contributed by atoms with Crippen LogP contribution in [0.2, 0.25) is 0 Å². The Hall–Kier alpha value is -2.49. The van der Waals surface area contributed by atoms with E-state index in [9.17, 15) is 4.79 Å². The number of amides is 1. The van der Waals surface area contributed by atoms with Crippen molar-refractivity contribution in [3.05, 3.63) is 59.2 Å². The Kier molecular flexibility index (Phi) is 6.87. The molecule has 0 heterocycles. The summed E-state index contributed by atoms with van der Waals surface area (Å²) < 4.78 is 11.3. The summed E-state index contributed by atoms with van der Waals surface area (Å²) in [6.45, 7) is 9.05. The maximum Gasteiger partial charge on any atom is 0.261 e. The quantitative estimate of drug-likeness (QED) is 0.784. The second-order valence-electron chi connectivity index (χ2n) is 6.08. The van der Waals surface area contributed by atoms with Gasteiger partial charge in [-0.25, -0.2) is 0 Å². The third-order valence-corrected chi connectivity index (χ3v) is 3.96. The van der Waals surface area contributed by atoms with E-state index in [1.807, 2.05) is 64.1 Å². The van der Waals surface area contributed by atoms with Gasteiger partial charge in [-0.05, 0) is 56.5 Å². The van der Waals surface area contributed by atoms with Gasteiger partial charge in [0.1, 0.15) is 11.5 Å². The number of rotatable bonds is 8. The Morgan fingerprint density at radius 2 is 1.80 bits per heavy atom. The number of carbonyl (C=O) groups is 1. The normalized spacial score (nSPS) is 11.7. The molecule has 1 atom stereocenters. The highest BCUT2D eigenvalue weighted by atomic mass is 16.5. The zero-order chi connectivity index (χ0) is 18.2. The fourth-order valence-corrected chi connectivity index (χ4v) is 2.58. The molecule has 0 fully saturated rings. The molecule has 0 aliphatic carbocycles. The Balaban J connectivity index is 1.93. The molecule has 0 radical (unpaired) electrons. The van der Waals surface area contributed by atoms with Crippen LogP contribution in [-0.2, 0) is 11.3 Å². The van der Waals surface area contributed by atoms with E-state index in [-0.39, 0.29) is 5.91 Å². The maximum atomic E-state index is 12.4. The first-order valence-corrected chi connectivity index (χ1v) is 8.76. The molecule has 1 N–H and O–H groups in total. The van der Waals surface area contributed by atoms with E-state index in [1.165, 1.54) is 5.56 Å². The van der Waals surface area contributed by atoms with E-state index in [4.69, 9.17) is 9.47 Å². The van der Waals surface area contributed by atoms with E-state index in [2.05, 4.69) is 11.4 Å². The predicted octanol–water partition coefficient (Wildman–Crippen LogP) is 4.18. The lowest BCUT2D eigenvalue weighted by atomic mass is 10.1. The summed E-state index contributed by atoms with van der Waals surface area (Å²) in [5.41, 5.74) is 3.24. The van der Waals surface area contributed by atoms with Crippen molar-refractivity contribution in [2.75, 3.05) is 6.61 Å². The molecule has 25 heavy (non-hydrogen) atoms. The molecule has 0 aliphatic heterocycles. The molecule has 0 bridgehead atoms. The Labute approximate surface area is 150 Å². The first kappa shape index (κ1) is 18.8. The van der Waals surface area contributed by atoms with Crippen LogP contribution in [0.3, 0.4) is 0 Å². The fraction of sp³-hybridized carbons (Fsp3) is 0.381. The highest BCUT2D eigenvalue weighted by Gasteiger charge is 2.18. The van der Waals surface area contributed by atoms with Gasteiger partial charge in [-0.3, -0.25) is 4.79 Å². The van der Waals surface area contributed by atoms with Gasteiger partial charge in [0.2, 0.25) is 0 Å². The lowest BCUT2D eigenvalue weighted by molar-refractivity contribution is -0.128. The number of hydrogen-bond acceptors (Lipinski definition) is 3. The number of carbonyl (C=O) groups excluding carboxylic acids is 1. The highest BCUT2D eigenvalue weighted by molar-refractivity contribution is 5.81. The molecule has 2 aromatic carbocycles. The number of hydrogen-bond donors (Lipinski definition) is 1. The fourth-order valence-electron chi connectivity index (χ4n) is 2.58. The second kappa shape index (κ2) is 9.11. The molecule has 0 unspecified atom stereocenters. The van der Waals surface area contributed by atoms with Gasteiger partial charge < -0.3 is 14.8 Å². The van der Waals surface area contributed by atoms with Gasteiger partial charge in [-0.1, -0.05) is 36.8 Å². The van der Waals surface area contributed by atoms with Crippen LogP contribution < -0.4 is 14.8 Å². The molecule has 2 rings (SSSR count). The van der Waals surface area contributed by atoms with Crippen molar-refractivity contribution >= 4 is 5.91 Å². The average Bonchev–Trinajstić information content (AvgIpc) is 2.60. The average molecular weight is 341 g/mol. The third-order valence-electron chi connectivity index (χ3n) is 3.96. The topological polar surface area (TPSA) is 47.6 Å². The predicted molar refractivity (Wildman–Crippen MR) is 100 cm³/mol. The molecule has 0 saturated heterocycles. The number of ether oxygens (including phenoxy) is 2. The van der Waals surface area contributed by atoms with Gasteiger partial charge >= 0.3 is 0 Å². The third kappa shape index (κ3) is 5.52. The minimum Gasteiger partial charge on any atom is -0.494 e. The largest absolute Gasteiger partial charge is 0.494 e. The van der Waals surface area contributed by atoms with Crippen molar-refractivity contribution in [1.29, 1.82) is 0 Å². The van der Waals surface area contributed by atoms with Crippen LogP contribution in [0.1, 0.15) is 37.0 Å². The first-order valence-electron chi connectivity index (χ1n) is 8.76. The summed E-state index contributed by atoms with van der Waals surface area (Å²) >= 11 is 0. The molecule has 2 aromatic rings. The SMILES string of the molecule is CCOc1ccc(CNC(=O)[C@H](CC)Oc2ccc(C)cc2C)cc1. The summed E-state index contributed by atoms with van der Waals surface area (Å²) in [5, 5.41) is 2.95. The van der Waals surface area contributed by atoms with Crippen LogP contribution >= 0.6 is 0 Å². The van der Waals surface area contributed by atoms with Gasteiger partial charge in [-0.15, -0.1) is 0 Å². The van der Waals surface area contributed by atoms with E-state index in [0.717, 1.165) is 22.6 Å². The van der Waals surface area contributed by atoms with Crippen LogP contribution in [0.4, 0.5) is 0 Å². The van der Waals surface area contributed by atoms with E-state index >= 15 is 0 Å². The standard InChI is InChI=1S/C21H27NO3/c1-5-19(25-20-12-7-15(3)13-16(20)4)21(23)22-14-17-8-10-18(11-9-17)24-6-2/h7-13,19H,5-6,14H2,1-4H3,(H,22,23)/t19-/m0/s1. The van der Waals surface area contributed by atoms with Gasteiger partial charge in [0.05, 0.1) is 6.61 Å². The van der Waals surface area contributed by atoms with Crippen molar-refractivity contribution in [2.45, 2.75) is 46.8 Å². The number of benzene rings is 2. The number of aryl methyl sites for hydroxylation is 2. The van der Waals surface area contributed by atoms with Crippen LogP contribution in [0.5, 0.6) is 11.5 Å². The van der Waals surface area contributed by atoms with Crippen molar-refractivity contribution in [3.63, 3.8) is 0 Å². The molecule has 4 nitrogen and oxygen atoms in total. The van der Waals surface area contributed by atoms with Crippen molar-refractivity contribution in [1.82, 2.24) is 5.32 Å². The van der Waals surface area contributed by atoms with Crippen molar-refractivity contribution in [3.8, 4) is 11.5 Å². The maximum absolute atomic E-state index is 12.4. The second-order valence-corrected chi connectivity index (χ2v) is 6.08. The summed E-state index contributed by atoms with van der Waals surface area (Å²) in [6, 6.07) is 13.7. The molecular formula is C21H27NO3. The van der Waals surface area contributed by atoms with Crippen molar-refractivity contribution < 1.29 is 14.3 Å². The zero-order valence-electron chi connectivity index (χ0n) is 15.5. The monoisotopic (exact) mass is 341 g/mol. The van der Waals surface area contributed by atoms with Gasteiger partial charge in [0.15, 0.2) is 6.10 Å². The molecule has 0 spiro atoms. The summed E-state index contributed by atoms with van der Waals surface area (Å²) in [7, 11) is 0. The first-order chi connectivity index (χ1) is 12.0.